The topological polar surface area (TPSA) is 71.4 Å². The second-order valence-corrected chi connectivity index (χ2v) is 7.60. The first-order valence-corrected chi connectivity index (χ1v) is 9.81. The zero-order valence-electron chi connectivity index (χ0n) is 15.1. The minimum absolute atomic E-state index is 0.0481. The van der Waals surface area contributed by atoms with Gasteiger partial charge in [0.15, 0.2) is 17.0 Å². The zero-order valence-corrected chi connectivity index (χ0v) is 15.9. The van der Waals surface area contributed by atoms with Gasteiger partial charge in [0.05, 0.1) is 12.4 Å². The van der Waals surface area contributed by atoms with E-state index in [-0.39, 0.29) is 11.3 Å². The number of H-pyrrole nitrogens is 1. The Balaban J connectivity index is 1.53. The molecule has 1 saturated carbocycles. The molecule has 0 amide bonds. The number of fused-ring (bicyclic) bond motifs is 2. The van der Waals surface area contributed by atoms with E-state index in [0.717, 1.165) is 16.7 Å². The van der Waals surface area contributed by atoms with Gasteiger partial charge in [-0.15, -0.1) is 0 Å². The van der Waals surface area contributed by atoms with Crippen LogP contribution in [0.3, 0.4) is 0 Å². The summed E-state index contributed by atoms with van der Waals surface area (Å²) in [7, 11) is 0. The summed E-state index contributed by atoms with van der Waals surface area (Å²) in [4.78, 5) is 16.8. The van der Waals surface area contributed by atoms with Gasteiger partial charge >= 0.3 is 0 Å². The highest BCUT2D eigenvalue weighted by molar-refractivity contribution is 6.28. The number of nitrogens with one attached hydrogen (secondary N) is 2. The van der Waals surface area contributed by atoms with Crippen molar-refractivity contribution >= 4 is 39.5 Å². The molecule has 1 atom stereocenters. The summed E-state index contributed by atoms with van der Waals surface area (Å²) in [5.41, 5.74) is 3.90. The number of hydrogen-bond donors (Lipinski definition) is 2. The summed E-state index contributed by atoms with van der Waals surface area (Å²) in [5, 5.41) is 4.94. The third-order valence-corrected chi connectivity index (χ3v) is 5.72. The molecule has 1 aliphatic carbocycles. The van der Waals surface area contributed by atoms with E-state index in [1.807, 2.05) is 18.6 Å². The van der Waals surface area contributed by atoms with Crippen molar-refractivity contribution < 1.29 is 0 Å². The molecule has 5 rings (SSSR count). The van der Waals surface area contributed by atoms with Gasteiger partial charge in [0.1, 0.15) is 0 Å². The maximum absolute atomic E-state index is 6.25. The van der Waals surface area contributed by atoms with Crippen LogP contribution in [0.4, 0.5) is 5.82 Å². The standard InChI is InChI=1S/C20H21ClN6/c1-12(15-10-22-16-9-5-4-8-14(15)16)24-18-17-19(26-20(21)25-18)27(11-23-17)13-6-2-3-7-13/h4-5,8-13,22H,2-3,6-7H2,1H3,(H,24,25,26). The number of hydrogen-bond acceptors (Lipinski definition) is 4. The van der Waals surface area contributed by atoms with Crippen molar-refractivity contribution in [1.29, 1.82) is 0 Å². The fourth-order valence-corrected chi connectivity index (χ4v) is 4.34. The molecule has 6 nitrogen and oxygen atoms in total. The number of aromatic amines is 1. The second kappa shape index (κ2) is 6.53. The number of nitrogens with zero attached hydrogens (tertiary/aromatic N) is 4. The summed E-state index contributed by atoms with van der Waals surface area (Å²) in [6.45, 7) is 2.12. The van der Waals surface area contributed by atoms with Gasteiger partial charge in [0.25, 0.3) is 0 Å². The van der Waals surface area contributed by atoms with E-state index in [9.17, 15) is 0 Å². The van der Waals surface area contributed by atoms with E-state index < -0.39 is 0 Å². The van der Waals surface area contributed by atoms with Crippen molar-refractivity contribution in [2.45, 2.75) is 44.7 Å². The lowest BCUT2D eigenvalue weighted by molar-refractivity contribution is 0.529. The average Bonchev–Trinajstić information content (AvgIpc) is 3.40. The van der Waals surface area contributed by atoms with Crippen LogP contribution in [0.15, 0.2) is 36.8 Å². The van der Waals surface area contributed by atoms with Gasteiger partial charge < -0.3 is 14.9 Å². The lowest BCUT2D eigenvalue weighted by Crippen LogP contribution is -2.09. The molecule has 0 radical (unpaired) electrons. The second-order valence-electron chi connectivity index (χ2n) is 7.26. The Hall–Kier alpha value is -2.60. The van der Waals surface area contributed by atoms with Crippen molar-refractivity contribution in [3.05, 3.63) is 47.6 Å². The summed E-state index contributed by atoms with van der Waals surface area (Å²) in [6.07, 6.45) is 8.77. The van der Waals surface area contributed by atoms with Crippen molar-refractivity contribution in [3.63, 3.8) is 0 Å². The fourth-order valence-electron chi connectivity index (χ4n) is 4.18. The predicted octanol–water partition coefficient (Wildman–Crippen LogP) is 5.25. The van der Waals surface area contributed by atoms with E-state index in [4.69, 9.17) is 11.6 Å². The van der Waals surface area contributed by atoms with Gasteiger partial charge in [-0.2, -0.15) is 9.97 Å². The number of rotatable bonds is 4. The molecule has 0 bridgehead atoms. The van der Waals surface area contributed by atoms with Crippen molar-refractivity contribution in [2.75, 3.05) is 5.32 Å². The highest BCUT2D eigenvalue weighted by Crippen LogP contribution is 2.34. The smallest absolute Gasteiger partial charge is 0.226 e. The molecule has 1 aliphatic rings. The maximum Gasteiger partial charge on any atom is 0.226 e. The summed E-state index contributed by atoms with van der Waals surface area (Å²) in [6, 6.07) is 8.79. The molecule has 0 saturated heterocycles. The van der Waals surface area contributed by atoms with Gasteiger partial charge in [-0.25, -0.2) is 4.98 Å². The Morgan fingerprint density at radius 3 is 2.89 bits per heavy atom. The van der Waals surface area contributed by atoms with Gasteiger partial charge in [-0.05, 0) is 43.0 Å². The number of anilines is 1. The number of benzene rings is 1. The van der Waals surface area contributed by atoms with Gasteiger partial charge in [0, 0.05) is 23.1 Å². The highest BCUT2D eigenvalue weighted by atomic mass is 35.5. The molecule has 138 valence electrons. The zero-order chi connectivity index (χ0) is 18.4. The minimum atomic E-state index is 0.0481. The van der Waals surface area contributed by atoms with E-state index >= 15 is 0 Å². The van der Waals surface area contributed by atoms with Crippen LogP contribution in [0, 0.1) is 0 Å². The van der Waals surface area contributed by atoms with E-state index in [1.165, 1.54) is 36.6 Å². The third kappa shape index (κ3) is 2.84. The Kier molecular flexibility index (Phi) is 4.01. The van der Waals surface area contributed by atoms with Gasteiger partial charge in [0.2, 0.25) is 5.28 Å². The first-order chi connectivity index (χ1) is 13.2. The Morgan fingerprint density at radius 1 is 1.22 bits per heavy atom. The monoisotopic (exact) mass is 380 g/mol. The highest BCUT2D eigenvalue weighted by Gasteiger charge is 2.22. The number of imidazole rings is 1. The first kappa shape index (κ1) is 16.6. The van der Waals surface area contributed by atoms with Crippen LogP contribution in [0.25, 0.3) is 22.1 Å². The molecule has 0 aliphatic heterocycles. The van der Waals surface area contributed by atoms with E-state index in [1.54, 1.807) is 0 Å². The van der Waals surface area contributed by atoms with Crippen LogP contribution in [0.5, 0.6) is 0 Å². The summed E-state index contributed by atoms with van der Waals surface area (Å²) >= 11 is 6.25. The maximum atomic E-state index is 6.25. The largest absolute Gasteiger partial charge is 0.361 e. The molecule has 7 heteroatoms. The summed E-state index contributed by atoms with van der Waals surface area (Å²) < 4.78 is 2.16. The molecular weight excluding hydrogens is 360 g/mol. The van der Waals surface area contributed by atoms with Gasteiger partial charge in [-0.3, -0.25) is 0 Å². The normalized spacial score (nSPS) is 16.4. The molecule has 1 fully saturated rings. The SMILES string of the molecule is CC(Nc1nc(Cl)nc2c1ncn2C1CCCC1)c1c[nH]c2ccccc12. The van der Waals surface area contributed by atoms with Crippen LogP contribution in [-0.2, 0) is 0 Å². The fraction of sp³-hybridized carbons (Fsp3) is 0.350. The molecule has 3 aromatic heterocycles. The lowest BCUT2D eigenvalue weighted by Gasteiger charge is -2.15. The van der Waals surface area contributed by atoms with E-state index in [0.29, 0.717) is 11.9 Å². The van der Waals surface area contributed by atoms with Crippen LogP contribution in [-0.4, -0.2) is 24.5 Å². The quantitative estimate of drug-likeness (QED) is 0.474. The van der Waals surface area contributed by atoms with Crippen LogP contribution >= 0.6 is 11.6 Å². The molecule has 0 spiro atoms. The Bertz CT molecular complexity index is 1110. The van der Waals surface area contributed by atoms with Crippen molar-refractivity contribution in [1.82, 2.24) is 24.5 Å². The number of para-hydroxylation sites is 1. The van der Waals surface area contributed by atoms with Crippen LogP contribution in [0.2, 0.25) is 5.28 Å². The number of aromatic nitrogens is 5. The number of halogens is 1. The summed E-state index contributed by atoms with van der Waals surface area (Å²) in [5.74, 6) is 0.680. The minimum Gasteiger partial charge on any atom is -0.361 e. The lowest BCUT2D eigenvalue weighted by atomic mass is 10.1. The van der Waals surface area contributed by atoms with Crippen LogP contribution < -0.4 is 5.32 Å². The molecule has 2 N–H and O–H groups in total. The average molecular weight is 381 g/mol. The predicted molar refractivity (Wildman–Crippen MR) is 108 cm³/mol. The third-order valence-electron chi connectivity index (χ3n) is 5.55. The van der Waals surface area contributed by atoms with Gasteiger partial charge in [-0.1, -0.05) is 31.0 Å². The molecule has 4 aromatic rings. The molecular formula is C20H21ClN6. The first-order valence-electron chi connectivity index (χ1n) is 9.43. The Morgan fingerprint density at radius 2 is 2.04 bits per heavy atom. The van der Waals surface area contributed by atoms with Crippen molar-refractivity contribution in [2.24, 2.45) is 0 Å². The van der Waals surface area contributed by atoms with Crippen LogP contribution in [0.1, 0.15) is 50.3 Å². The Labute approximate surface area is 162 Å². The molecule has 1 unspecified atom stereocenters. The molecule has 3 heterocycles. The van der Waals surface area contributed by atoms with E-state index in [2.05, 4.69) is 54.9 Å². The van der Waals surface area contributed by atoms with Crippen molar-refractivity contribution in [3.8, 4) is 0 Å². The molecule has 27 heavy (non-hydrogen) atoms. The molecule has 1 aromatic carbocycles.